The molecule has 1 aromatic rings. The average molecular weight is 286 g/mol. The zero-order valence-corrected chi connectivity index (χ0v) is 12.4. The number of piperidine rings is 1. The van der Waals surface area contributed by atoms with E-state index in [0.29, 0.717) is 12.7 Å². The minimum atomic E-state index is 0.0269. The number of nitrogens with zero attached hydrogens (tertiary/aromatic N) is 2. The Kier molecular flexibility index (Phi) is 5.57. The van der Waals surface area contributed by atoms with E-state index in [9.17, 15) is 5.11 Å². The first-order valence-electron chi connectivity index (χ1n) is 6.73. The highest BCUT2D eigenvalue weighted by atomic mass is 32.1. The van der Waals surface area contributed by atoms with Crippen LogP contribution >= 0.6 is 11.3 Å². The van der Waals surface area contributed by atoms with Crippen LogP contribution in [0.4, 0.5) is 5.13 Å². The molecule has 0 radical (unpaired) electrons. The molecule has 1 N–H and O–H groups in total. The van der Waals surface area contributed by atoms with E-state index in [-0.39, 0.29) is 6.61 Å². The Bertz CT molecular complexity index is 395. The quantitative estimate of drug-likeness (QED) is 0.864. The van der Waals surface area contributed by atoms with Crippen LogP contribution in [0.15, 0.2) is 0 Å². The van der Waals surface area contributed by atoms with Gasteiger partial charge in [0.2, 0.25) is 0 Å². The fourth-order valence-corrected chi connectivity index (χ4v) is 3.32. The van der Waals surface area contributed by atoms with Crippen LogP contribution in [0.1, 0.15) is 30.3 Å². The lowest BCUT2D eigenvalue weighted by molar-refractivity contribution is 0.0526. The standard InChI is InChI=1S/C13H22N2O3S/c1-3-18-10-5-4-6-15(7-10)13-14-11(9-17-2)12(8-16)19-13/h10,16H,3-9H2,1-2H3. The number of rotatable bonds is 6. The molecule has 0 saturated carbocycles. The Morgan fingerprint density at radius 2 is 2.37 bits per heavy atom. The summed E-state index contributed by atoms with van der Waals surface area (Å²) in [6.45, 7) is 5.16. The number of aromatic nitrogens is 1. The number of aliphatic hydroxyl groups is 1. The molecule has 1 atom stereocenters. The van der Waals surface area contributed by atoms with E-state index in [1.165, 1.54) is 0 Å². The van der Waals surface area contributed by atoms with Crippen molar-refractivity contribution < 1.29 is 14.6 Å². The number of anilines is 1. The molecule has 2 rings (SSSR count). The highest BCUT2D eigenvalue weighted by Gasteiger charge is 2.23. The second-order valence-electron chi connectivity index (χ2n) is 4.62. The Balaban J connectivity index is 2.07. The predicted octanol–water partition coefficient (Wildman–Crippen LogP) is 1.79. The van der Waals surface area contributed by atoms with E-state index in [1.54, 1.807) is 18.4 Å². The first-order chi connectivity index (χ1) is 9.28. The third kappa shape index (κ3) is 3.66. The summed E-state index contributed by atoms with van der Waals surface area (Å²) in [5.74, 6) is 0. The highest BCUT2D eigenvalue weighted by molar-refractivity contribution is 7.15. The number of aliphatic hydroxyl groups excluding tert-OH is 1. The van der Waals surface area contributed by atoms with Crippen LogP contribution in [0.5, 0.6) is 0 Å². The molecule has 108 valence electrons. The normalized spacial score (nSPS) is 19.9. The van der Waals surface area contributed by atoms with Gasteiger partial charge >= 0.3 is 0 Å². The van der Waals surface area contributed by atoms with Crippen molar-refractivity contribution in [3.8, 4) is 0 Å². The van der Waals surface area contributed by atoms with Gasteiger partial charge in [0, 0.05) is 26.8 Å². The first-order valence-corrected chi connectivity index (χ1v) is 7.55. The SMILES string of the molecule is CCOC1CCCN(c2nc(COC)c(CO)s2)C1. The van der Waals surface area contributed by atoms with Crippen molar-refractivity contribution in [2.24, 2.45) is 0 Å². The number of hydrogen-bond acceptors (Lipinski definition) is 6. The molecule has 0 amide bonds. The topological polar surface area (TPSA) is 54.8 Å². The van der Waals surface area contributed by atoms with Crippen molar-refractivity contribution in [2.45, 2.75) is 39.1 Å². The van der Waals surface area contributed by atoms with Crippen molar-refractivity contribution in [1.82, 2.24) is 4.98 Å². The largest absolute Gasteiger partial charge is 0.391 e. The maximum atomic E-state index is 9.36. The summed E-state index contributed by atoms with van der Waals surface area (Å²) < 4.78 is 10.8. The molecule has 0 aliphatic carbocycles. The number of hydrogen-bond donors (Lipinski definition) is 1. The molecule has 1 saturated heterocycles. The molecule has 0 spiro atoms. The predicted molar refractivity (Wildman–Crippen MR) is 75.6 cm³/mol. The van der Waals surface area contributed by atoms with E-state index in [2.05, 4.69) is 9.88 Å². The lowest BCUT2D eigenvalue weighted by Gasteiger charge is -2.32. The summed E-state index contributed by atoms with van der Waals surface area (Å²) in [6.07, 6.45) is 2.54. The van der Waals surface area contributed by atoms with Gasteiger partial charge in [-0.3, -0.25) is 0 Å². The Hall–Kier alpha value is -0.690. The molecular weight excluding hydrogens is 264 g/mol. The smallest absolute Gasteiger partial charge is 0.186 e. The Morgan fingerprint density at radius 3 is 3.05 bits per heavy atom. The lowest BCUT2D eigenvalue weighted by atomic mass is 10.1. The molecule has 0 aromatic carbocycles. The van der Waals surface area contributed by atoms with Crippen LogP contribution < -0.4 is 4.90 Å². The molecule has 6 heteroatoms. The summed E-state index contributed by atoms with van der Waals surface area (Å²) in [5, 5.41) is 10.3. The van der Waals surface area contributed by atoms with Crippen LogP contribution in [0.25, 0.3) is 0 Å². The third-order valence-corrected chi connectivity index (χ3v) is 4.39. The van der Waals surface area contributed by atoms with E-state index in [1.807, 2.05) is 6.92 Å². The van der Waals surface area contributed by atoms with Gasteiger partial charge < -0.3 is 19.5 Å². The summed E-state index contributed by atoms with van der Waals surface area (Å²) in [4.78, 5) is 7.75. The summed E-state index contributed by atoms with van der Waals surface area (Å²) in [7, 11) is 1.65. The van der Waals surface area contributed by atoms with Gasteiger partial charge in [0.15, 0.2) is 5.13 Å². The number of thiazole rings is 1. The molecule has 1 unspecified atom stereocenters. The second-order valence-corrected chi connectivity index (χ2v) is 5.69. The van der Waals surface area contributed by atoms with Gasteiger partial charge in [0.1, 0.15) is 0 Å². The molecule has 1 fully saturated rings. The fraction of sp³-hybridized carbons (Fsp3) is 0.769. The molecule has 0 bridgehead atoms. The summed E-state index contributed by atoms with van der Waals surface area (Å²) >= 11 is 1.56. The van der Waals surface area contributed by atoms with Gasteiger partial charge in [-0.05, 0) is 19.8 Å². The van der Waals surface area contributed by atoms with Gasteiger partial charge in [0.25, 0.3) is 0 Å². The van der Waals surface area contributed by atoms with E-state index < -0.39 is 0 Å². The second kappa shape index (κ2) is 7.19. The highest BCUT2D eigenvalue weighted by Crippen LogP contribution is 2.29. The molecule has 5 nitrogen and oxygen atoms in total. The van der Waals surface area contributed by atoms with Crippen molar-refractivity contribution in [3.05, 3.63) is 10.6 Å². The lowest BCUT2D eigenvalue weighted by Crippen LogP contribution is -2.39. The molecule has 19 heavy (non-hydrogen) atoms. The van der Waals surface area contributed by atoms with Crippen LogP contribution in [0, 0.1) is 0 Å². The van der Waals surface area contributed by atoms with Crippen molar-refractivity contribution in [1.29, 1.82) is 0 Å². The summed E-state index contributed by atoms with van der Waals surface area (Å²) in [5.41, 5.74) is 0.850. The van der Waals surface area contributed by atoms with Crippen molar-refractivity contribution in [3.63, 3.8) is 0 Å². The molecule has 1 aliphatic heterocycles. The van der Waals surface area contributed by atoms with Gasteiger partial charge in [-0.1, -0.05) is 11.3 Å². The van der Waals surface area contributed by atoms with E-state index in [4.69, 9.17) is 9.47 Å². The zero-order valence-electron chi connectivity index (χ0n) is 11.6. The third-order valence-electron chi connectivity index (χ3n) is 3.24. The molecular formula is C13H22N2O3S. The van der Waals surface area contributed by atoms with Crippen molar-refractivity contribution >= 4 is 16.5 Å². The average Bonchev–Trinajstić information content (AvgIpc) is 2.83. The number of methoxy groups -OCH3 is 1. The number of ether oxygens (including phenoxy) is 2. The minimum Gasteiger partial charge on any atom is -0.391 e. The minimum absolute atomic E-state index is 0.0269. The monoisotopic (exact) mass is 286 g/mol. The maximum Gasteiger partial charge on any atom is 0.186 e. The van der Waals surface area contributed by atoms with Crippen LogP contribution in [0.2, 0.25) is 0 Å². The van der Waals surface area contributed by atoms with Gasteiger partial charge in [-0.15, -0.1) is 0 Å². The van der Waals surface area contributed by atoms with Gasteiger partial charge in [-0.25, -0.2) is 4.98 Å². The maximum absolute atomic E-state index is 9.36. The Labute approximate surface area is 118 Å². The van der Waals surface area contributed by atoms with Gasteiger partial charge in [-0.2, -0.15) is 0 Å². The van der Waals surface area contributed by atoms with Crippen LogP contribution in [-0.2, 0) is 22.7 Å². The van der Waals surface area contributed by atoms with E-state index in [0.717, 1.165) is 48.2 Å². The summed E-state index contributed by atoms with van der Waals surface area (Å²) in [6, 6.07) is 0. The van der Waals surface area contributed by atoms with Gasteiger partial charge in [0.05, 0.1) is 29.9 Å². The molecule has 1 aromatic heterocycles. The van der Waals surface area contributed by atoms with Crippen molar-refractivity contribution in [2.75, 3.05) is 31.7 Å². The Morgan fingerprint density at radius 1 is 1.53 bits per heavy atom. The first kappa shape index (κ1) is 14.7. The molecule has 2 heterocycles. The van der Waals surface area contributed by atoms with E-state index >= 15 is 0 Å². The van der Waals surface area contributed by atoms with Crippen LogP contribution in [-0.4, -0.2) is 43.0 Å². The van der Waals surface area contributed by atoms with Crippen LogP contribution in [0.3, 0.4) is 0 Å². The fourth-order valence-electron chi connectivity index (χ4n) is 2.36. The zero-order chi connectivity index (χ0) is 13.7. The molecule has 1 aliphatic rings.